The maximum atomic E-state index is 13.1. The molecule has 1 aliphatic rings. The van der Waals surface area contributed by atoms with Crippen LogP contribution in [0.15, 0.2) is 67.0 Å². The molecule has 4 aromatic rings. The Hall–Kier alpha value is -3.51. The molecule has 6 heteroatoms. The van der Waals surface area contributed by atoms with Crippen molar-refractivity contribution in [3.8, 4) is 11.1 Å². The number of likely N-dealkylation sites (tertiary alicyclic amines) is 1. The lowest BCUT2D eigenvalue weighted by Crippen LogP contribution is -2.18. The zero-order valence-corrected chi connectivity index (χ0v) is 17.7. The van der Waals surface area contributed by atoms with Crippen molar-refractivity contribution in [1.29, 1.82) is 0 Å². The highest BCUT2D eigenvalue weighted by Gasteiger charge is 2.13. The second-order valence-electron chi connectivity index (χ2n) is 8.28. The molecule has 0 saturated carbocycles. The van der Waals surface area contributed by atoms with Crippen LogP contribution in [0.1, 0.15) is 34.5 Å². The van der Waals surface area contributed by atoms with Crippen LogP contribution < -0.4 is 0 Å². The van der Waals surface area contributed by atoms with Gasteiger partial charge in [0.2, 0.25) is 0 Å². The third-order valence-corrected chi connectivity index (χ3v) is 5.88. The molecular formula is C26H23FN4O. The molecule has 1 saturated heterocycles. The second-order valence-corrected chi connectivity index (χ2v) is 8.28. The van der Waals surface area contributed by atoms with Crippen LogP contribution in [0, 0.1) is 5.82 Å². The molecule has 5 nitrogen and oxygen atoms in total. The summed E-state index contributed by atoms with van der Waals surface area (Å²) in [7, 11) is 0. The topological polar surface area (TPSA) is 59.0 Å². The van der Waals surface area contributed by atoms with E-state index in [1.54, 1.807) is 0 Å². The molecule has 3 heterocycles. The van der Waals surface area contributed by atoms with Crippen molar-refractivity contribution in [2.45, 2.75) is 25.8 Å². The van der Waals surface area contributed by atoms with E-state index in [0.717, 1.165) is 41.7 Å². The highest BCUT2D eigenvalue weighted by Crippen LogP contribution is 2.25. The molecule has 32 heavy (non-hydrogen) atoms. The van der Waals surface area contributed by atoms with Gasteiger partial charge in [-0.3, -0.25) is 14.7 Å². The minimum absolute atomic E-state index is 0.117. The summed E-state index contributed by atoms with van der Waals surface area (Å²) in [6, 6.07) is 15.7. The molecule has 1 aliphatic heterocycles. The zero-order valence-electron chi connectivity index (χ0n) is 17.7. The number of nitrogens with zero attached hydrogens (tertiary/aromatic N) is 4. The van der Waals surface area contributed by atoms with Gasteiger partial charge in [0.25, 0.3) is 0 Å². The Labute approximate surface area is 185 Å². The lowest BCUT2D eigenvalue weighted by Gasteiger charge is -2.15. The first-order valence-corrected chi connectivity index (χ1v) is 10.9. The van der Waals surface area contributed by atoms with Gasteiger partial charge in [0.05, 0.1) is 17.6 Å². The molecule has 0 N–H and O–H groups in total. The van der Waals surface area contributed by atoms with Crippen LogP contribution >= 0.6 is 0 Å². The third kappa shape index (κ3) is 4.55. The smallest absolute Gasteiger partial charge is 0.168 e. The summed E-state index contributed by atoms with van der Waals surface area (Å²) in [4.78, 5) is 19.4. The van der Waals surface area contributed by atoms with Crippen LogP contribution in [0.4, 0.5) is 4.39 Å². The first kappa shape index (κ1) is 20.4. The van der Waals surface area contributed by atoms with Crippen molar-refractivity contribution in [3.63, 3.8) is 0 Å². The summed E-state index contributed by atoms with van der Waals surface area (Å²) in [5.41, 5.74) is 5.14. The lowest BCUT2D eigenvalue weighted by atomic mass is 10.0. The summed E-state index contributed by atoms with van der Waals surface area (Å²) < 4.78 is 13.1. The van der Waals surface area contributed by atoms with E-state index in [4.69, 9.17) is 0 Å². The number of benzene rings is 2. The van der Waals surface area contributed by atoms with Crippen molar-refractivity contribution in [2.75, 3.05) is 13.1 Å². The number of ketones is 1. The van der Waals surface area contributed by atoms with E-state index in [-0.39, 0.29) is 18.0 Å². The van der Waals surface area contributed by atoms with Gasteiger partial charge < -0.3 is 0 Å². The molecule has 0 bridgehead atoms. The molecule has 2 aromatic heterocycles. The highest BCUT2D eigenvalue weighted by molar-refractivity contribution is 5.97. The predicted octanol–water partition coefficient (Wildman–Crippen LogP) is 4.85. The van der Waals surface area contributed by atoms with Crippen LogP contribution in [0.5, 0.6) is 0 Å². The predicted molar refractivity (Wildman–Crippen MR) is 122 cm³/mol. The molecular weight excluding hydrogens is 403 g/mol. The lowest BCUT2D eigenvalue weighted by molar-refractivity contribution is 0.0991. The van der Waals surface area contributed by atoms with Gasteiger partial charge in [0, 0.05) is 35.5 Å². The van der Waals surface area contributed by atoms with Crippen LogP contribution in [0.3, 0.4) is 0 Å². The van der Waals surface area contributed by atoms with Crippen molar-refractivity contribution in [1.82, 2.24) is 20.1 Å². The van der Waals surface area contributed by atoms with Crippen molar-refractivity contribution >= 4 is 16.7 Å². The normalized spacial score (nSPS) is 14.2. The standard InChI is InChI=1S/C26H23FN4O/c27-23-6-3-19(4-7-23)26(32)14-24-13-21-12-20(5-8-25(21)30-29-24)22-11-18(15-28-16-22)17-31-9-1-2-10-31/h3-8,11-13,15-16H,1-2,9-10,14,17H2. The highest BCUT2D eigenvalue weighted by atomic mass is 19.1. The Morgan fingerprint density at radius 3 is 2.53 bits per heavy atom. The molecule has 0 unspecified atom stereocenters. The molecule has 0 amide bonds. The van der Waals surface area contributed by atoms with Gasteiger partial charge >= 0.3 is 0 Å². The average molecular weight is 426 g/mol. The summed E-state index contributed by atoms with van der Waals surface area (Å²) >= 11 is 0. The monoisotopic (exact) mass is 426 g/mol. The van der Waals surface area contributed by atoms with Gasteiger partial charge in [-0.1, -0.05) is 6.07 Å². The molecule has 160 valence electrons. The largest absolute Gasteiger partial charge is 0.299 e. The minimum Gasteiger partial charge on any atom is -0.299 e. The number of hydrogen-bond acceptors (Lipinski definition) is 5. The van der Waals surface area contributed by atoms with Crippen LogP contribution in [-0.4, -0.2) is 39.0 Å². The Morgan fingerprint density at radius 2 is 1.72 bits per heavy atom. The van der Waals surface area contributed by atoms with E-state index >= 15 is 0 Å². The molecule has 1 fully saturated rings. The van der Waals surface area contributed by atoms with E-state index in [0.29, 0.717) is 11.3 Å². The fraction of sp³-hybridized carbons (Fsp3) is 0.231. The molecule has 2 aromatic carbocycles. The SMILES string of the molecule is O=C(Cc1cc2cc(-c3cncc(CN4CCCC4)c3)ccc2nn1)c1ccc(F)cc1. The number of pyridine rings is 1. The first-order valence-electron chi connectivity index (χ1n) is 10.9. The van der Waals surface area contributed by atoms with E-state index in [1.165, 1.54) is 42.7 Å². The maximum Gasteiger partial charge on any atom is 0.168 e. The molecule has 0 atom stereocenters. The van der Waals surface area contributed by atoms with Crippen LogP contribution in [-0.2, 0) is 13.0 Å². The van der Waals surface area contributed by atoms with Gasteiger partial charge in [-0.15, -0.1) is 0 Å². The number of rotatable bonds is 6. The Balaban J connectivity index is 1.38. The third-order valence-electron chi connectivity index (χ3n) is 5.88. The van der Waals surface area contributed by atoms with E-state index in [1.807, 2.05) is 30.6 Å². The Morgan fingerprint density at radius 1 is 0.906 bits per heavy atom. The summed E-state index contributed by atoms with van der Waals surface area (Å²) in [5.74, 6) is -0.479. The second kappa shape index (κ2) is 8.93. The van der Waals surface area contributed by atoms with E-state index < -0.39 is 0 Å². The van der Waals surface area contributed by atoms with E-state index in [2.05, 4.69) is 32.2 Å². The number of hydrogen-bond donors (Lipinski definition) is 0. The molecule has 0 aliphatic carbocycles. The van der Waals surface area contributed by atoms with Gasteiger partial charge in [-0.05, 0) is 85.6 Å². The number of aromatic nitrogens is 3. The number of halogens is 1. The number of carbonyl (C=O) groups excluding carboxylic acids is 1. The number of Topliss-reactive ketones (excluding diaryl/α,β-unsaturated/α-hetero) is 1. The van der Waals surface area contributed by atoms with Crippen molar-refractivity contribution < 1.29 is 9.18 Å². The van der Waals surface area contributed by atoms with Gasteiger partial charge in [-0.25, -0.2) is 4.39 Å². The fourth-order valence-electron chi connectivity index (χ4n) is 4.19. The summed E-state index contributed by atoms with van der Waals surface area (Å²) in [5, 5.41) is 9.40. The maximum absolute atomic E-state index is 13.1. The Kier molecular flexibility index (Phi) is 5.69. The van der Waals surface area contributed by atoms with Crippen LogP contribution in [0.2, 0.25) is 0 Å². The van der Waals surface area contributed by atoms with Gasteiger partial charge in [-0.2, -0.15) is 10.2 Å². The minimum atomic E-state index is -0.362. The molecule has 0 spiro atoms. The quantitative estimate of drug-likeness (QED) is 0.413. The van der Waals surface area contributed by atoms with Crippen molar-refractivity contribution in [2.24, 2.45) is 0 Å². The number of fused-ring (bicyclic) bond motifs is 1. The van der Waals surface area contributed by atoms with Crippen LogP contribution in [0.25, 0.3) is 22.0 Å². The van der Waals surface area contributed by atoms with Crippen molar-refractivity contribution in [3.05, 3.63) is 89.6 Å². The van der Waals surface area contributed by atoms with Gasteiger partial charge in [0.1, 0.15) is 5.82 Å². The summed E-state index contributed by atoms with van der Waals surface area (Å²) in [6.45, 7) is 3.23. The number of carbonyl (C=O) groups is 1. The zero-order chi connectivity index (χ0) is 21.9. The average Bonchev–Trinajstić information content (AvgIpc) is 3.32. The summed E-state index contributed by atoms with van der Waals surface area (Å²) in [6.07, 6.45) is 6.47. The molecule has 5 rings (SSSR count). The van der Waals surface area contributed by atoms with Gasteiger partial charge in [0.15, 0.2) is 5.78 Å². The van der Waals surface area contributed by atoms with E-state index in [9.17, 15) is 9.18 Å². The molecule has 0 radical (unpaired) electrons. The first-order chi connectivity index (χ1) is 15.6. The Bertz CT molecular complexity index is 1270. The fourth-order valence-corrected chi connectivity index (χ4v) is 4.19.